The summed E-state index contributed by atoms with van der Waals surface area (Å²) in [4.78, 5) is 0. The van der Waals surface area contributed by atoms with Gasteiger partial charge in [-0.3, -0.25) is 0 Å². The van der Waals surface area contributed by atoms with Crippen molar-refractivity contribution in [2.75, 3.05) is 0 Å². The van der Waals surface area contributed by atoms with Gasteiger partial charge in [0.05, 0.1) is 21.7 Å². The average Bonchev–Trinajstić information content (AvgIpc) is 2.80. The largest absolute Gasteiger partial charge is 0.318 e. The minimum atomic E-state index is -1.49. The Bertz CT molecular complexity index is 892. The standard InChI is InChI=1S/C21H29NSi2/c1-16-17-12-8-9-13-18(17)22(21(16)24(5,6)7)19-14-10-11-15-20(19)23(2,3)4/h8-15H,1-7H3. The van der Waals surface area contributed by atoms with Gasteiger partial charge in [0.1, 0.15) is 0 Å². The molecule has 0 bridgehead atoms. The van der Waals surface area contributed by atoms with Crippen molar-refractivity contribution in [1.82, 2.24) is 4.57 Å². The van der Waals surface area contributed by atoms with Crippen LogP contribution in [0.4, 0.5) is 0 Å². The Labute approximate surface area is 148 Å². The molecule has 0 aliphatic rings. The highest BCUT2D eigenvalue weighted by atomic mass is 28.3. The van der Waals surface area contributed by atoms with Gasteiger partial charge >= 0.3 is 0 Å². The van der Waals surface area contributed by atoms with Crippen molar-refractivity contribution in [3.63, 3.8) is 0 Å². The molecule has 0 N–H and O–H groups in total. The zero-order chi connectivity index (χ0) is 17.7. The van der Waals surface area contributed by atoms with Crippen molar-refractivity contribution in [3.8, 4) is 5.69 Å². The predicted octanol–water partition coefficient (Wildman–Crippen LogP) is 5.03. The van der Waals surface area contributed by atoms with Crippen molar-refractivity contribution >= 4 is 37.6 Å². The topological polar surface area (TPSA) is 4.93 Å². The van der Waals surface area contributed by atoms with E-state index in [0.29, 0.717) is 0 Å². The van der Waals surface area contributed by atoms with Crippen LogP contribution in [0, 0.1) is 6.92 Å². The van der Waals surface area contributed by atoms with Crippen LogP contribution in [-0.4, -0.2) is 20.7 Å². The van der Waals surface area contributed by atoms with Gasteiger partial charge in [-0.25, -0.2) is 0 Å². The Morgan fingerprint density at radius 1 is 0.708 bits per heavy atom. The second-order valence-electron chi connectivity index (χ2n) is 8.84. The molecule has 24 heavy (non-hydrogen) atoms. The molecule has 1 heterocycles. The van der Waals surface area contributed by atoms with Crippen molar-refractivity contribution in [2.24, 2.45) is 0 Å². The van der Waals surface area contributed by atoms with Crippen molar-refractivity contribution in [3.05, 3.63) is 54.1 Å². The highest BCUT2D eigenvalue weighted by molar-refractivity contribution is 6.90. The first-order chi connectivity index (χ1) is 11.1. The van der Waals surface area contributed by atoms with Crippen LogP contribution in [0.1, 0.15) is 5.56 Å². The lowest BCUT2D eigenvalue weighted by atomic mass is 10.2. The van der Waals surface area contributed by atoms with Crippen LogP contribution >= 0.6 is 0 Å². The maximum absolute atomic E-state index is 2.59. The zero-order valence-corrected chi connectivity index (χ0v) is 18.1. The summed E-state index contributed by atoms with van der Waals surface area (Å²) >= 11 is 0. The van der Waals surface area contributed by atoms with Gasteiger partial charge in [0, 0.05) is 16.4 Å². The lowest BCUT2D eigenvalue weighted by Gasteiger charge is -2.27. The van der Waals surface area contributed by atoms with Crippen LogP contribution in [0.25, 0.3) is 16.6 Å². The highest BCUT2D eigenvalue weighted by Gasteiger charge is 2.29. The fraction of sp³-hybridized carbons (Fsp3) is 0.333. The fourth-order valence-electron chi connectivity index (χ4n) is 3.85. The van der Waals surface area contributed by atoms with Crippen LogP contribution in [0.15, 0.2) is 48.5 Å². The molecule has 3 aromatic rings. The first-order valence-electron chi connectivity index (χ1n) is 8.83. The monoisotopic (exact) mass is 351 g/mol. The third-order valence-corrected chi connectivity index (χ3v) is 8.85. The molecule has 0 fully saturated rings. The molecule has 0 aliphatic heterocycles. The fourth-order valence-corrected chi connectivity index (χ4v) is 7.58. The molecule has 0 atom stereocenters. The molecule has 0 radical (unpaired) electrons. The summed E-state index contributed by atoms with van der Waals surface area (Å²) in [5.41, 5.74) is 4.23. The molecular formula is C21H29NSi2. The quantitative estimate of drug-likeness (QED) is 0.583. The summed E-state index contributed by atoms with van der Waals surface area (Å²) in [5.74, 6) is 0. The molecule has 0 amide bonds. The summed E-state index contributed by atoms with van der Waals surface area (Å²) < 4.78 is 2.59. The van der Waals surface area contributed by atoms with Crippen LogP contribution in [0.5, 0.6) is 0 Å². The number of rotatable bonds is 3. The number of nitrogens with zero attached hydrogens (tertiary/aromatic N) is 1. The molecule has 1 aromatic heterocycles. The second kappa shape index (κ2) is 5.74. The Balaban J connectivity index is 2.48. The summed E-state index contributed by atoms with van der Waals surface area (Å²) in [6, 6.07) is 18.0. The van der Waals surface area contributed by atoms with Crippen LogP contribution < -0.4 is 10.5 Å². The first kappa shape index (κ1) is 17.2. The van der Waals surface area contributed by atoms with Crippen molar-refractivity contribution < 1.29 is 0 Å². The van der Waals surface area contributed by atoms with Crippen molar-refractivity contribution in [2.45, 2.75) is 46.2 Å². The predicted molar refractivity (Wildman–Crippen MR) is 114 cm³/mol. The highest BCUT2D eigenvalue weighted by Crippen LogP contribution is 2.26. The molecule has 3 rings (SSSR count). The smallest absolute Gasteiger partial charge is 0.0994 e. The SMILES string of the molecule is Cc1c([Si](C)(C)C)n(-c2ccccc2[Si](C)(C)C)c2ccccc12. The summed E-state index contributed by atoms with van der Waals surface area (Å²) in [7, 11) is -2.92. The van der Waals surface area contributed by atoms with Gasteiger partial charge in [-0.2, -0.15) is 0 Å². The summed E-state index contributed by atoms with van der Waals surface area (Å²) in [5, 5.41) is 4.51. The number of hydrogen-bond acceptors (Lipinski definition) is 0. The molecular weight excluding hydrogens is 322 g/mol. The van der Waals surface area contributed by atoms with E-state index in [2.05, 4.69) is 99.3 Å². The van der Waals surface area contributed by atoms with Crippen LogP contribution in [0.3, 0.4) is 0 Å². The number of benzene rings is 2. The maximum Gasteiger partial charge on any atom is 0.0994 e. The van der Waals surface area contributed by atoms with E-state index in [1.165, 1.54) is 22.2 Å². The van der Waals surface area contributed by atoms with E-state index in [-0.39, 0.29) is 0 Å². The molecule has 0 aliphatic carbocycles. The van der Waals surface area contributed by atoms with E-state index in [1.54, 1.807) is 10.5 Å². The van der Waals surface area contributed by atoms with E-state index >= 15 is 0 Å². The minimum Gasteiger partial charge on any atom is -0.318 e. The van der Waals surface area contributed by atoms with E-state index in [4.69, 9.17) is 0 Å². The Morgan fingerprint density at radius 2 is 1.29 bits per heavy atom. The molecule has 0 saturated heterocycles. The van der Waals surface area contributed by atoms with Gasteiger partial charge in [0.25, 0.3) is 0 Å². The Hall–Kier alpha value is -1.59. The van der Waals surface area contributed by atoms with Crippen molar-refractivity contribution in [1.29, 1.82) is 0 Å². The Kier molecular flexibility index (Phi) is 4.13. The molecule has 1 nitrogen and oxygen atoms in total. The third kappa shape index (κ3) is 2.80. The van der Waals surface area contributed by atoms with Crippen LogP contribution in [0.2, 0.25) is 39.3 Å². The molecule has 0 unspecified atom stereocenters. The normalized spacial score (nSPS) is 12.8. The van der Waals surface area contributed by atoms with Gasteiger partial charge in [-0.05, 0) is 29.8 Å². The second-order valence-corrected chi connectivity index (χ2v) is 18.9. The van der Waals surface area contributed by atoms with Gasteiger partial charge in [0.2, 0.25) is 0 Å². The van der Waals surface area contributed by atoms with Gasteiger partial charge in [-0.15, -0.1) is 0 Å². The number of hydrogen-bond donors (Lipinski definition) is 0. The van der Waals surface area contributed by atoms with Gasteiger partial charge in [0.15, 0.2) is 0 Å². The number of aromatic nitrogens is 1. The van der Waals surface area contributed by atoms with E-state index in [1.807, 2.05) is 0 Å². The average molecular weight is 352 g/mol. The van der Waals surface area contributed by atoms with E-state index < -0.39 is 16.1 Å². The van der Waals surface area contributed by atoms with E-state index in [0.717, 1.165) is 0 Å². The number of fused-ring (bicyclic) bond motifs is 1. The van der Waals surface area contributed by atoms with E-state index in [9.17, 15) is 0 Å². The molecule has 3 heteroatoms. The lowest BCUT2D eigenvalue weighted by molar-refractivity contribution is 1.16. The minimum absolute atomic E-state index is 1.36. The molecule has 2 aromatic carbocycles. The van der Waals surface area contributed by atoms with Gasteiger partial charge in [-0.1, -0.05) is 75.7 Å². The van der Waals surface area contributed by atoms with Crippen LogP contribution in [-0.2, 0) is 0 Å². The zero-order valence-electron chi connectivity index (χ0n) is 16.1. The lowest BCUT2D eigenvalue weighted by Crippen LogP contribution is -2.47. The Morgan fingerprint density at radius 3 is 1.92 bits per heavy atom. The third-order valence-electron chi connectivity index (χ3n) is 4.79. The number of para-hydroxylation sites is 2. The summed E-state index contributed by atoms with van der Waals surface area (Å²) in [6.45, 7) is 17.0. The molecule has 126 valence electrons. The molecule has 0 saturated carbocycles. The maximum atomic E-state index is 2.59. The van der Waals surface area contributed by atoms with Gasteiger partial charge < -0.3 is 4.57 Å². The molecule has 0 spiro atoms. The summed E-state index contributed by atoms with van der Waals surface area (Å²) in [6.07, 6.45) is 0. The first-order valence-corrected chi connectivity index (χ1v) is 15.8. The number of aryl methyl sites for hydroxylation is 1.